The van der Waals surface area contributed by atoms with Gasteiger partial charge in [0.15, 0.2) is 0 Å². The molecule has 5 heteroatoms. The molecule has 2 aromatic rings. The van der Waals surface area contributed by atoms with Crippen LogP contribution in [0.15, 0.2) is 18.2 Å². The molecule has 21 heavy (non-hydrogen) atoms. The minimum Gasteiger partial charge on any atom is -0.495 e. The van der Waals surface area contributed by atoms with Crippen molar-refractivity contribution in [2.75, 3.05) is 7.11 Å². The van der Waals surface area contributed by atoms with Crippen molar-refractivity contribution in [1.82, 2.24) is 9.78 Å². The summed E-state index contributed by atoms with van der Waals surface area (Å²) in [5.41, 5.74) is 4.19. The maximum Gasteiger partial charge on any atom is 0.137 e. The number of nitrogens with zero attached hydrogens (tertiary/aromatic N) is 2. The molecule has 0 radical (unpaired) electrons. The fourth-order valence-electron chi connectivity index (χ4n) is 2.51. The van der Waals surface area contributed by atoms with E-state index in [0.29, 0.717) is 17.2 Å². The number of benzene rings is 1. The minimum absolute atomic E-state index is 0.546. The Balaban J connectivity index is 2.09. The molecule has 0 bridgehead atoms. The summed E-state index contributed by atoms with van der Waals surface area (Å²) in [7, 11) is 3.51. The molecular weight excluding hydrogens is 288 g/mol. The van der Waals surface area contributed by atoms with Crippen LogP contribution in [0.2, 0.25) is 5.02 Å². The number of hydrogen-bond acceptors (Lipinski definition) is 3. The largest absolute Gasteiger partial charge is 0.495 e. The Hall–Kier alpha value is -1.52. The Labute approximate surface area is 130 Å². The number of aromatic nitrogens is 2. The zero-order chi connectivity index (χ0) is 15.6. The molecule has 0 saturated carbocycles. The highest BCUT2D eigenvalue weighted by Crippen LogP contribution is 2.29. The van der Waals surface area contributed by atoms with Crippen molar-refractivity contribution in [2.45, 2.75) is 32.8 Å². The van der Waals surface area contributed by atoms with Gasteiger partial charge in [0, 0.05) is 12.7 Å². The number of methoxy groups -OCH3 is 1. The van der Waals surface area contributed by atoms with Gasteiger partial charge in [-0.25, -0.2) is 0 Å². The van der Waals surface area contributed by atoms with Crippen molar-refractivity contribution in [2.24, 2.45) is 7.05 Å². The summed E-state index contributed by atoms with van der Waals surface area (Å²) in [6.45, 7) is 4.05. The average Bonchev–Trinajstić information content (AvgIpc) is 2.70. The van der Waals surface area contributed by atoms with E-state index in [1.165, 1.54) is 5.56 Å². The smallest absolute Gasteiger partial charge is 0.137 e. The maximum absolute atomic E-state index is 10.4. The molecule has 1 unspecified atom stereocenters. The number of hydrogen-bond donors (Lipinski definition) is 1. The van der Waals surface area contributed by atoms with Crippen LogP contribution in [0.4, 0.5) is 0 Å². The van der Waals surface area contributed by atoms with Crippen LogP contribution in [-0.2, 0) is 13.5 Å². The van der Waals surface area contributed by atoms with Gasteiger partial charge in [0.2, 0.25) is 0 Å². The lowest BCUT2D eigenvalue weighted by molar-refractivity contribution is 0.167. The maximum atomic E-state index is 10.4. The number of aliphatic hydroxyl groups is 1. The van der Waals surface area contributed by atoms with Crippen molar-refractivity contribution in [3.8, 4) is 5.75 Å². The molecule has 0 amide bonds. The molecule has 1 atom stereocenters. The van der Waals surface area contributed by atoms with Gasteiger partial charge in [0.25, 0.3) is 0 Å². The molecule has 0 fully saturated rings. The van der Waals surface area contributed by atoms with Gasteiger partial charge in [0.05, 0.1) is 23.9 Å². The number of rotatable bonds is 5. The fraction of sp³-hybridized carbons (Fsp3) is 0.438. The zero-order valence-electron chi connectivity index (χ0n) is 12.9. The third kappa shape index (κ3) is 3.39. The average molecular weight is 309 g/mol. The molecule has 0 saturated heterocycles. The Morgan fingerprint density at radius 2 is 2.10 bits per heavy atom. The molecule has 1 N–H and O–H groups in total. The van der Waals surface area contributed by atoms with Crippen molar-refractivity contribution in [3.05, 3.63) is 45.7 Å². The van der Waals surface area contributed by atoms with Crippen molar-refractivity contribution in [3.63, 3.8) is 0 Å². The Morgan fingerprint density at radius 3 is 2.67 bits per heavy atom. The third-order valence-electron chi connectivity index (χ3n) is 3.89. The van der Waals surface area contributed by atoms with Crippen LogP contribution in [0.5, 0.6) is 5.75 Å². The summed E-state index contributed by atoms with van der Waals surface area (Å²) in [5, 5.41) is 15.3. The first-order valence-electron chi connectivity index (χ1n) is 6.94. The minimum atomic E-state index is -0.546. The molecule has 0 aliphatic carbocycles. The number of halogens is 1. The summed E-state index contributed by atoms with van der Waals surface area (Å²) in [6.07, 6.45) is 0.880. The summed E-state index contributed by atoms with van der Waals surface area (Å²) in [5.74, 6) is 0.585. The summed E-state index contributed by atoms with van der Waals surface area (Å²) in [6, 6.07) is 5.37. The predicted molar refractivity (Wildman–Crippen MR) is 84.0 cm³/mol. The third-order valence-corrected chi connectivity index (χ3v) is 4.20. The SMILES string of the molecule is COc1cc(C(O)CCc2c(C)nn(C)c2C)ccc1Cl. The lowest BCUT2D eigenvalue weighted by Gasteiger charge is -2.13. The van der Waals surface area contributed by atoms with E-state index < -0.39 is 6.10 Å². The van der Waals surface area contributed by atoms with Gasteiger partial charge in [-0.1, -0.05) is 17.7 Å². The summed E-state index contributed by atoms with van der Waals surface area (Å²) >= 11 is 6.00. The Kier molecular flexibility index (Phi) is 4.91. The van der Waals surface area contributed by atoms with E-state index in [2.05, 4.69) is 5.10 Å². The molecule has 1 aromatic heterocycles. The summed E-state index contributed by atoms with van der Waals surface area (Å²) < 4.78 is 7.06. The molecule has 1 aromatic carbocycles. The number of aryl methyl sites for hydroxylation is 2. The van der Waals surface area contributed by atoms with Crippen LogP contribution in [0.25, 0.3) is 0 Å². The zero-order valence-corrected chi connectivity index (χ0v) is 13.6. The fourth-order valence-corrected chi connectivity index (χ4v) is 2.71. The van der Waals surface area contributed by atoms with Crippen molar-refractivity contribution < 1.29 is 9.84 Å². The first-order valence-corrected chi connectivity index (χ1v) is 7.32. The molecular formula is C16H21ClN2O2. The monoisotopic (exact) mass is 308 g/mol. The van der Waals surface area contributed by atoms with Gasteiger partial charge in [-0.2, -0.15) is 5.10 Å². The highest BCUT2D eigenvalue weighted by molar-refractivity contribution is 6.32. The second-order valence-corrected chi connectivity index (χ2v) is 5.63. The first-order chi connectivity index (χ1) is 9.93. The molecule has 0 aliphatic heterocycles. The van der Waals surface area contributed by atoms with Gasteiger partial charge in [0.1, 0.15) is 5.75 Å². The van der Waals surface area contributed by atoms with Crippen LogP contribution in [0.1, 0.15) is 35.0 Å². The quantitative estimate of drug-likeness (QED) is 0.921. The van der Waals surface area contributed by atoms with E-state index in [0.717, 1.165) is 23.4 Å². The predicted octanol–water partition coefficient (Wildman–Crippen LogP) is 3.37. The Bertz CT molecular complexity index is 637. The van der Waals surface area contributed by atoms with Crippen LogP contribution >= 0.6 is 11.6 Å². The standard InChI is InChI=1S/C16H21ClN2O2/c1-10-13(11(2)19(3)18-10)6-8-15(20)12-5-7-14(17)16(9-12)21-4/h5,7,9,15,20H,6,8H2,1-4H3. The molecule has 2 rings (SSSR count). The first kappa shape index (κ1) is 15.9. The van der Waals surface area contributed by atoms with Crippen LogP contribution in [-0.4, -0.2) is 22.0 Å². The van der Waals surface area contributed by atoms with Gasteiger partial charge in [-0.05, 0) is 49.9 Å². The second-order valence-electron chi connectivity index (χ2n) is 5.22. The molecule has 0 aliphatic rings. The number of ether oxygens (including phenoxy) is 1. The van der Waals surface area contributed by atoms with Crippen LogP contribution in [0, 0.1) is 13.8 Å². The second kappa shape index (κ2) is 6.50. The topological polar surface area (TPSA) is 47.3 Å². The normalized spacial score (nSPS) is 12.5. The highest BCUT2D eigenvalue weighted by Gasteiger charge is 2.14. The molecule has 4 nitrogen and oxygen atoms in total. The lowest BCUT2D eigenvalue weighted by atomic mass is 10.00. The molecule has 1 heterocycles. The van der Waals surface area contributed by atoms with E-state index in [1.807, 2.05) is 31.6 Å². The van der Waals surface area contributed by atoms with E-state index in [1.54, 1.807) is 19.2 Å². The van der Waals surface area contributed by atoms with E-state index in [4.69, 9.17) is 16.3 Å². The van der Waals surface area contributed by atoms with E-state index in [-0.39, 0.29) is 0 Å². The van der Waals surface area contributed by atoms with Crippen molar-refractivity contribution in [1.29, 1.82) is 0 Å². The van der Waals surface area contributed by atoms with Gasteiger partial charge < -0.3 is 9.84 Å². The van der Waals surface area contributed by atoms with Crippen LogP contribution in [0.3, 0.4) is 0 Å². The summed E-state index contributed by atoms with van der Waals surface area (Å²) in [4.78, 5) is 0. The Morgan fingerprint density at radius 1 is 1.38 bits per heavy atom. The highest BCUT2D eigenvalue weighted by atomic mass is 35.5. The van der Waals surface area contributed by atoms with Gasteiger partial charge in [-0.3, -0.25) is 4.68 Å². The van der Waals surface area contributed by atoms with Gasteiger partial charge >= 0.3 is 0 Å². The van der Waals surface area contributed by atoms with Gasteiger partial charge in [-0.15, -0.1) is 0 Å². The lowest BCUT2D eigenvalue weighted by Crippen LogP contribution is -2.02. The van der Waals surface area contributed by atoms with E-state index >= 15 is 0 Å². The van der Waals surface area contributed by atoms with Crippen LogP contribution < -0.4 is 4.74 Å². The number of aliphatic hydroxyl groups excluding tert-OH is 1. The van der Waals surface area contributed by atoms with Crippen molar-refractivity contribution >= 4 is 11.6 Å². The van der Waals surface area contributed by atoms with E-state index in [9.17, 15) is 5.11 Å². The molecule has 0 spiro atoms. The molecule has 114 valence electrons.